The maximum Gasteiger partial charge on any atom is 0.255 e. The van der Waals surface area contributed by atoms with Crippen LogP contribution in [0.3, 0.4) is 0 Å². The number of rotatable bonds is 4. The van der Waals surface area contributed by atoms with Crippen molar-refractivity contribution in [3.05, 3.63) is 52.2 Å². The van der Waals surface area contributed by atoms with Crippen molar-refractivity contribution >= 4 is 17.5 Å². The van der Waals surface area contributed by atoms with Gasteiger partial charge in [0.05, 0.1) is 13.2 Å². The molecule has 0 spiro atoms. The van der Waals surface area contributed by atoms with Crippen LogP contribution < -0.4 is 15.4 Å². The third kappa shape index (κ3) is 4.46. The molecule has 2 aliphatic rings. The average Bonchev–Trinajstić information content (AvgIpc) is 2.76. The highest BCUT2D eigenvalue weighted by Gasteiger charge is 2.24. The molecule has 2 saturated heterocycles. The van der Waals surface area contributed by atoms with Crippen LogP contribution in [0.25, 0.3) is 0 Å². The van der Waals surface area contributed by atoms with Crippen molar-refractivity contribution in [1.82, 2.24) is 14.5 Å². The van der Waals surface area contributed by atoms with Crippen molar-refractivity contribution < 1.29 is 13.9 Å². The smallest absolute Gasteiger partial charge is 0.255 e. The fourth-order valence-corrected chi connectivity index (χ4v) is 3.86. The van der Waals surface area contributed by atoms with E-state index in [0.717, 1.165) is 5.69 Å². The molecular formula is C21H26FN5O3. The summed E-state index contributed by atoms with van der Waals surface area (Å²) >= 11 is 0. The van der Waals surface area contributed by atoms with Crippen molar-refractivity contribution in [1.29, 1.82) is 0 Å². The second-order valence-electron chi connectivity index (χ2n) is 7.57. The number of nitrogens with zero attached hydrogens (tertiary/aromatic N) is 5. The number of aryl methyl sites for hydroxylation is 1. The Balaban J connectivity index is 1.44. The van der Waals surface area contributed by atoms with Crippen LogP contribution in [-0.4, -0.2) is 72.8 Å². The summed E-state index contributed by atoms with van der Waals surface area (Å²) in [5, 5.41) is 0. The zero-order valence-corrected chi connectivity index (χ0v) is 17.1. The van der Waals surface area contributed by atoms with E-state index in [4.69, 9.17) is 4.74 Å². The first kappa shape index (κ1) is 20.3. The second kappa shape index (κ2) is 8.83. The Kier molecular flexibility index (Phi) is 5.98. The molecule has 8 nitrogen and oxygen atoms in total. The van der Waals surface area contributed by atoms with Gasteiger partial charge in [0.1, 0.15) is 12.4 Å². The highest BCUT2D eigenvalue weighted by Crippen LogP contribution is 2.18. The van der Waals surface area contributed by atoms with Gasteiger partial charge in [-0.2, -0.15) is 0 Å². The lowest BCUT2D eigenvalue weighted by molar-refractivity contribution is -0.132. The van der Waals surface area contributed by atoms with Crippen molar-refractivity contribution in [2.24, 2.45) is 0 Å². The van der Waals surface area contributed by atoms with Gasteiger partial charge in [-0.05, 0) is 31.2 Å². The predicted octanol–water partition coefficient (Wildman–Crippen LogP) is 0.876. The van der Waals surface area contributed by atoms with Gasteiger partial charge in [-0.3, -0.25) is 14.2 Å². The van der Waals surface area contributed by atoms with E-state index < -0.39 is 0 Å². The maximum atomic E-state index is 13.1. The zero-order valence-electron chi connectivity index (χ0n) is 17.1. The SMILES string of the molecule is Cc1cc(=O)n(CC(=O)N2CCN(c3ccc(F)cc3)CC2)c(N2CCOCC2)n1. The van der Waals surface area contributed by atoms with E-state index in [-0.39, 0.29) is 23.8 Å². The number of carbonyl (C=O) groups is 1. The number of hydrogen-bond acceptors (Lipinski definition) is 6. The van der Waals surface area contributed by atoms with E-state index >= 15 is 0 Å². The Morgan fingerprint density at radius 2 is 1.70 bits per heavy atom. The van der Waals surface area contributed by atoms with Gasteiger partial charge >= 0.3 is 0 Å². The summed E-state index contributed by atoms with van der Waals surface area (Å²) in [6.07, 6.45) is 0. The van der Waals surface area contributed by atoms with Crippen molar-refractivity contribution in [2.75, 3.05) is 62.3 Å². The van der Waals surface area contributed by atoms with Crippen LogP contribution in [0.2, 0.25) is 0 Å². The third-order valence-corrected chi connectivity index (χ3v) is 5.53. The molecule has 0 N–H and O–H groups in total. The first-order valence-corrected chi connectivity index (χ1v) is 10.2. The lowest BCUT2D eigenvalue weighted by atomic mass is 10.2. The quantitative estimate of drug-likeness (QED) is 0.738. The Morgan fingerprint density at radius 3 is 2.37 bits per heavy atom. The number of piperazine rings is 1. The lowest BCUT2D eigenvalue weighted by Gasteiger charge is -2.36. The normalized spacial score (nSPS) is 17.3. The average molecular weight is 415 g/mol. The molecule has 1 amide bonds. The third-order valence-electron chi connectivity index (χ3n) is 5.53. The fourth-order valence-electron chi connectivity index (χ4n) is 3.86. The van der Waals surface area contributed by atoms with Crippen molar-refractivity contribution in [2.45, 2.75) is 13.5 Å². The van der Waals surface area contributed by atoms with E-state index in [9.17, 15) is 14.0 Å². The van der Waals surface area contributed by atoms with Gasteiger partial charge in [-0.15, -0.1) is 0 Å². The second-order valence-corrected chi connectivity index (χ2v) is 7.57. The Labute approximate surface area is 174 Å². The summed E-state index contributed by atoms with van der Waals surface area (Å²) in [6, 6.07) is 7.84. The summed E-state index contributed by atoms with van der Waals surface area (Å²) in [5.74, 6) is 0.165. The number of anilines is 2. The summed E-state index contributed by atoms with van der Waals surface area (Å²) < 4.78 is 20.0. The first-order chi connectivity index (χ1) is 14.5. The minimum absolute atomic E-state index is 0.0324. The number of benzene rings is 1. The Bertz CT molecular complexity index is 948. The van der Waals surface area contributed by atoms with E-state index in [0.29, 0.717) is 64.1 Å². The minimum Gasteiger partial charge on any atom is -0.378 e. The van der Waals surface area contributed by atoms with Gasteiger partial charge in [-0.25, -0.2) is 9.37 Å². The molecule has 160 valence electrons. The number of amides is 1. The Hall–Kier alpha value is -2.94. The first-order valence-electron chi connectivity index (χ1n) is 10.2. The van der Waals surface area contributed by atoms with E-state index in [2.05, 4.69) is 9.88 Å². The number of carbonyl (C=O) groups excluding carboxylic acids is 1. The van der Waals surface area contributed by atoms with E-state index in [1.165, 1.54) is 22.8 Å². The molecule has 1 aromatic heterocycles. The van der Waals surface area contributed by atoms with Gasteiger partial charge in [0.2, 0.25) is 11.9 Å². The lowest BCUT2D eigenvalue weighted by Crippen LogP contribution is -2.50. The highest BCUT2D eigenvalue weighted by atomic mass is 19.1. The molecule has 2 fully saturated rings. The molecule has 1 aromatic carbocycles. The van der Waals surface area contributed by atoms with E-state index in [1.807, 2.05) is 4.90 Å². The molecule has 3 heterocycles. The molecule has 30 heavy (non-hydrogen) atoms. The molecule has 0 saturated carbocycles. The number of aromatic nitrogens is 2. The maximum absolute atomic E-state index is 13.1. The number of ether oxygens (including phenoxy) is 1. The number of halogens is 1. The standard InChI is InChI=1S/C21H26FN5O3/c1-16-14-19(28)27(21(23-16)26-10-12-30-13-11-26)15-20(29)25-8-6-24(7-9-25)18-4-2-17(22)3-5-18/h2-5,14H,6-13,15H2,1H3. The fraction of sp³-hybridized carbons (Fsp3) is 0.476. The van der Waals surface area contributed by atoms with Crippen LogP contribution in [0, 0.1) is 12.7 Å². The molecule has 0 bridgehead atoms. The van der Waals surface area contributed by atoms with Crippen molar-refractivity contribution in [3.8, 4) is 0 Å². The van der Waals surface area contributed by atoms with Crippen LogP contribution >= 0.6 is 0 Å². The zero-order chi connectivity index (χ0) is 21.1. The minimum atomic E-state index is -0.263. The highest BCUT2D eigenvalue weighted by molar-refractivity contribution is 5.76. The molecule has 4 rings (SSSR count). The van der Waals surface area contributed by atoms with Crippen LogP contribution in [0.4, 0.5) is 16.0 Å². The molecular weight excluding hydrogens is 389 g/mol. The predicted molar refractivity (Wildman–Crippen MR) is 111 cm³/mol. The Morgan fingerprint density at radius 1 is 1.03 bits per heavy atom. The molecule has 9 heteroatoms. The van der Waals surface area contributed by atoms with Gasteiger partial charge in [0, 0.05) is 56.7 Å². The molecule has 2 aromatic rings. The molecule has 2 aliphatic heterocycles. The van der Waals surface area contributed by atoms with Gasteiger partial charge < -0.3 is 19.4 Å². The summed E-state index contributed by atoms with van der Waals surface area (Å²) in [5.41, 5.74) is 1.36. The van der Waals surface area contributed by atoms with Crippen LogP contribution in [0.5, 0.6) is 0 Å². The summed E-state index contributed by atoms with van der Waals surface area (Å²) in [6.45, 7) is 6.60. The number of hydrogen-bond donors (Lipinski definition) is 0. The molecule has 0 unspecified atom stereocenters. The monoisotopic (exact) mass is 415 g/mol. The number of morpholine rings is 1. The summed E-state index contributed by atoms with van der Waals surface area (Å²) in [4.78, 5) is 36.0. The van der Waals surface area contributed by atoms with Crippen LogP contribution in [0.15, 0.2) is 35.1 Å². The van der Waals surface area contributed by atoms with Crippen LogP contribution in [0.1, 0.15) is 5.69 Å². The topological polar surface area (TPSA) is 70.9 Å². The van der Waals surface area contributed by atoms with Crippen molar-refractivity contribution in [3.63, 3.8) is 0 Å². The van der Waals surface area contributed by atoms with Gasteiger partial charge in [0.25, 0.3) is 5.56 Å². The largest absolute Gasteiger partial charge is 0.378 e. The van der Waals surface area contributed by atoms with Gasteiger partial charge in [0.15, 0.2) is 0 Å². The van der Waals surface area contributed by atoms with Crippen LogP contribution in [-0.2, 0) is 16.1 Å². The summed E-state index contributed by atoms with van der Waals surface area (Å²) in [7, 11) is 0. The molecule has 0 atom stereocenters. The van der Waals surface area contributed by atoms with E-state index in [1.54, 1.807) is 24.0 Å². The molecule has 0 aliphatic carbocycles. The molecule has 0 radical (unpaired) electrons. The van der Waals surface area contributed by atoms with Gasteiger partial charge in [-0.1, -0.05) is 0 Å².